The second-order valence-corrected chi connectivity index (χ2v) is 3.49. The highest BCUT2D eigenvalue weighted by atomic mass is 32.2. The molecule has 0 atom stereocenters. The largest absolute Gasteiger partial charge is 0.481 e. The summed E-state index contributed by atoms with van der Waals surface area (Å²) in [5.74, 6) is -0.0562. The molecule has 0 aliphatic rings. The number of aliphatic carboxylic acids is 1. The van der Waals surface area contributed by atoms with Crippen molar-refractivity contribution in [3.05, 3.63) is 0 Å². The second kappa shape index (κ2) is 3.11. The van der Waals surface area contributed by atoms with Crippen LogP contribution in [-0.2, 0) is 4.79 Å². The molecule has 0 unspecified atom stereocenters. The highest BCUT2D eigenvalue weighted by molar-refractivity contribution is 7.98. The number of carboxylic acid groups (broad SMARTS) is 1. The Morgan fingerprint density at radius 1 is 1.67 bits per heavy atom. The first kappa shape index (κ1) is 8.82. The van der Waals surface area contributed by atoms with E-state index in [0.29, 0.717) is 5.75 Å². The van der Waals surface area contributed by atoms with Gasteiger partial charge in [-0.2, -0.15) is 11.8 Å². The number of thioether (sulfide) groups is 1. The summed E-state index contributed by atoms with van der Waals surface area (Å²) < 4.78 is 0. The molecule has 0 aromatic heterocycles. The zero-order chi connectivity index (χ0) is 7.49. The molecule has 0 aliphatic carbocycles. The van der Waals surface area contributed by atoms with Crippen molar-refractivity contribution in [1.29, 1.82) is 0 Å². The van der Waals surface area contributed by atoms with Gasteiger partial charge >= 0.3 is 5.97 Å². The summed E-state index contributed by atoms with van der Waals surface area (Å²) in [5, 5.41) is 8.56. The molecular weight excluding hydrogens is 136 g/mol. The van der Waals surface area contributed by atoms with Crippen LogP contribution in [0.25, 0.3) is 0 Å². The lowest BCUT2D eigenvalue weighted by Crippen LogP contribution is -2.25. The zero-order valence-electron chi connectivity index (χ0n) is 5.97. The van der Waals surface area contributed by atoms with Crippen molar-refractivity contribution < 1.29 is 9.90 Å². The van der Waals surface area contributed by atoms with E-state index in [1.807, 2.05) is 6.26 Å². The first-order valence-electron chi connectivity index (χ1n) is 2.73. The Kier molecular flexibility index (Phi) is 3.04. The van der Waals surface area contributed by atoms with E-state index in [-0.39, 0.29) is 0 Å². The predicted octanol–water partition coefficient (Wildman–Crippen LogP) is 1.46. The molecule has 0 radical (unpaired) electrons. The number of hydrogen-bond donors (Lipinski definition) is 1. The van der Waals surface area contributed by atoms with Gasteiger partial charge < -0.3 is 5.11 Å². The van der Waals surface area contributed by atoms with E-state index in [4.69, 9.17) is 5.11 Å². The third-order valence-corrected chi connectivity index (χ3v) is 2.09. The minimum absolute atomic E-state index is 0.570. The van der Waals surface area contributed by atoms with E-state index in [1.165, 1.54) is 0 Å². The molecule has 9 heavy (non-hydrogen) atoms. The van der Waals surface area contributed by atoms with Crippen molar-refractivity contribution in [2.24, 2.45) is 5.41 Å². The SMILES string of the molecule is CSCC(C)(C)C(=O)O. The molecule has 0 rings (SSSR count). The molecule has 0 bridgehead atoms. The molecule has 0 aromatic carbocycles. The molecular formula is C6H12O2S. The van der Waals surface area contributed by atoms with E-state index in [9.17, 15) is 4.79 Å². The summed E-state index contributed by atoms with van der Waals surface area (Å²) in [6.45, 7) is 3.46. The third kappa shape index (κ3) is 2.75. The predicted molar refractivity (Wildman–Crippen MR) is 39.8 cm³/mol. The van der Waals surface area contributed by atoms with Crippen LogP contribution in [0.15, 0.2) is 0 Å². The fraction of sp³-hybridized carbons (Fsp3) is 0.833. The number of rotatable bonds is 3. The van der Waals surface area contributed by atoms with Gasteiger partial charge in [-0.25, -0.2) is 0 Å². The lowest BCUT2D eigenvalue weighted by molar-refractivity contribution is -0.145. The monoisotopic (exact) mass is 148 g/mol. The Labute approximate surface area is 59.6 Å². The molecule has 2 nitrogen and oxygen atoms in total. The van der Waals surface area contributed by atoms with Crippen molar-refractivity contribution >= 4 is 17.7 Å². The Morgan fingerprint density at radius 2 is 2.11 bits per heavy atom. The second-order valence-electron chi connectivity index (χ2n) is 2.62. The van der Waals surface area contributed by atoms with Crippen LogP contribution in [0.1, 0.15) is 13.8 Å². The van der Waals surface area contributed by atoms with Crippen molar-refractivity contribution in [2.75, 3.05) is 12.0 Å². The van der Waals surface area contributed by atoms with Crippen molar-refractivity contribution in [2.45, 2.75) is 13.8 Å². The zero-order valence-corrected chi connectivity index (χ0v) is 6.79. The van der Waals surface area contributed by atoms with Gasteiger partial charge in [0, 0.05) is 5.75 Å². The molecule has 54 valence electrons. The summed E-state index contributed by atoms with van der Waals surface area (Å²) in [4.78, 5) is 10.4. The van der Waals surface area contributed by atoms with Crippen LogP contribution < -0.4 is 0 Å². The maximum absolute atomic E-state index is 10.4. The summed E-state index contributed by atoms with van der Waals surface area (Å²) >= 11 is 1.56. The van der Waals surface area contributed by atoms with Gasteiger partial charge in [0.25, 0.3) is 0 Å². The number of hydrogen-bond acceptors (Lipinski definition) is 2. The van der Waals surface area contributed by atoms with E-state index in [1.54, 1.807) is 25.6 Å². The minimum Gasteiger partial charge on any atom is -0.481 e. The Morgan fingerprint density at radius 3 is 2.22 bits per heavy atom. The van der Waals surface area contributed by atoms with Gasteiger partial charge in [0.1, 0.15) is 0 Å². The standard InChI is InChI=1S/C6H12O2S/c1-6(2,4-9-3)5(7)8/h4H2,1-3H3,(H,7,8). The molecule has 0 saturated heterocycles. The van der Waals surface area contributed by atoms with Crippen LogP contribution in [0.5, 0.6) is 0 Å². The van der Waals surface area contributed by atoms with Gasteiger partial charge in [-0.05, 0) is 20.1 Å². The highest BCUT2D eigenvalue weighted by Crippen LogP contribution is 2.19. The summed E-state index contributed by atoms with van der Waals surface area (Å²) in [5.41, 5.74) is -0.570. The molecule has 0 aromatic rings. The molecule has 0 fully saturated rings. The van der Waals surface area contributed by atoms with Crippen LogP contribution in [0.3, 0.4) is 0 Å². The quantitative estimate of drug-likeness (QED) is 0.658. The first-order chi connectivity index (χ1) is 4.00. The Hall–Kier alpha value is -0.180. The van der Waals surface area contributed by atoms with Crippen molar-refractivity contribution in [1.82, 2.24) is 0 Å². The smallest absolute Gasteiger partial charge is 0.309 e. The van der Waals surface area contributed by atoms with E-state index < -0.39 is 11.4 Å². The highest BCUT2D eigenvalue weighted by Gasteiger charge is 2.25. The van der Waals surface area contributed by atoms with Gasteiger partial charge in [0.05, 0.1) is 5.41 Å². The summed E-state index contributed by atoms with van der Waals surface area (Å²) in [6, 6.07) is 0. The van der Waals surface area contributed by atoms with Crippen LogP contribution >= 0.6 is 11.8 Å². The maximum atomic E-state index is 10.4. The summed E-state index contributed by atoms with van der Waals surface area (Å²) in [6.07, 6.45) is 1.91. The van der Waals surface area contributed by atoms with Crippen LogP contribution in [0.2, 0.25) is 0 Å². The lowest BCUT2D eigenvalue weighted by atomic mass is 9.97. The molecule has 0 amide bonds. The average molecular weight is 148 g/mol. The third-order valence-electron chi connectivity index (χ3n) is 1.08. The molecule has 0 saturated carbocycles. The van der Waals surface area contributed by atoms with Crippen molar-refractivity contribution in [3.63, 3.8) is 0 Å². The van der Waals surface area contributed by atoms with Gasteiger partial charge in [-0.15, -0.1) is 0 Å². The fourth-order valence-electron chi connectivity index (χ4n) is 0.423. The van der Waals surface area contributed by atoms with Gasteiger partial charge in [-0.3, -0.25) is 4.79 Å². The lowest BCUT2D eigenvalue weighted by Gasteiger charge is -2.16. The topological polar surface area (TPSA) is 37.3 Å². The normalized spacial score (nSPS) is 11.4. The molecule has 0 aliphatic heterocycles. The van der Waals surface area contributed by atoms with Crippen LogP contribution in [0, 0.1) is 5.41 Å². The van der Waals surface area contributed by atoms with Gasteiger partial charge in [0.2, 0.25) is 0 Å². The van der Waals surface area contributed by atoms with Gasteiger partial charge in [0.15, 0.2) is 0 Å². The summed E-state index contributed by atoms with van der Waals surface area (Å²) in [7, 11) is 0. The van der Waals surface area contributed by atoms with E-state index >= 15 is 0 Å². The minimum atomic E-state index is -0.725. The molecule has 1 N–H and O–H groups in total. The van der Waals surface area contributed by atoms with Crippen molar-refractivity contribution in [3.8, 4) is 0 Å². The average Bonchev–Trinajstić information content (AvgIpc) is 1.65. The number of carbonyl (C=O) groups is 1. The van der Waals surface area contributed by atoms with E-state index in [2.05, 4.69) is 0 Å². The maximum Gasteiger partial charge on any atom is 0.309 e. The van der Waals surface area contributed by atoms with Crippen LogP contribution in [-0.4, -0.2) is 23.1 Å². The molecule has 0 spiro atoms. The molecule has 0 heterocycles. The fourth-order valence-corrected chi connectivity index (χ4v) is 1.27. The van der Waals surface area contributed by atoms with Crippen LogP contribution in [0.4, 0.5) is 0 Å². The Bertz CT molecular complexity index is 110. The first-order valence-corrected chi connectivity index (χ1v) is 4.12. The Balaban J connectivity index is 3.85. The molecule has 3 heteroatoms. The number of carboxylic acids is 1. The van der Waals surface area contributed by atoms with Gasteiger partial charge in [-0.1, -0.05) is 0 Å². The van der Waals surface area contributed by atoms with E-state index in [0.717, 1.165) is 0 Å².